The highest BCUT2D eigenvalue weighted by Crippen LogP contribution is 2.22. The van der Waals surface area contributed by atoms with E-state index in [1.54, 1.807) is 6.07 Å². The van der Waals surface area contributed by atoms with E-state index in [1.165, 1.54) is 36.2 Å². The van der Waals surface area contributed by atoms with Crippen LogP contribution < -0.4 is 0 Å². The van der Waals surface area contributed by atoms with Crippen LogP contribution >= 0.6 is 0 Å². The van der Waals surface area contributed by atoms with Gasteiger partial charge in [0.1, 0.15) is 17.6 Å². The van der Waals surface area contributed by atoms with Crippen molar-refractivity contribution in [3.05, 3.63) is 52.6 Å². The summed E-state index contributed by atoms with van der Waals surface area (Å²) in [6, 6.07) is 7.12. The summed E-state index contributed by atoms with van der Waals surface area (Å²) in [5.74, 6) is -0.795. The molecule has 0 aliphatic rings. The first kappa shape index (κ1) is 12.8. The molecular weight excluding hydrogens is 295 g/mol. The SMILES string of the molecule is [2H]C([2H])([2H])n1nc(CN(C)C(=O)c2ccc(F)cc2C(C)C)cc1C#N. The Bertz CT molecular complexity index is 868. The van der Waals surface area contributed by atoms with Crippen LogP contribution in [0, 0.1) is 17.1 Å². The number of nitrogens with zero attached hydrogens (tertiary/aromatic N) is 4. The minimum Gasteiger partial charge on any atom is -0.336 e. The van der Waals surface area contributed by atoms with E-state index in [2.05, 4.69) is 5.10 Å². The highest BCUT2D eigenvalue weighted by atomic mass is 19.1. The Morgan fingerprint density at radius 1 is 1.52 bits per heavy atom. The average Bonchev–Trinajstić information content (AvgIpc) is 2.97. The Kier molecular flexibility index (Phi) is 3.69. The molecule has 0 fully saturated rings. The summed E-state index contributed by atoms with van der Waals surface area (Å²) in [5.41, 5.74) is 1.14. The average molecular weight is 317 g/mol. The zero-order chi connectivity index (χ0) is 19.6. The van der Waals surface area contributed by atoms with Crippen LogP contribution in [0.25, 0.3) is 0 Å². The van der Waals surface area contributed by atoms with Gasteiger partial charge in [-0.2, -0.15) is 10.4 Å². The Labute approximate surface area is 139 Å². The lowest BCUT2D eigenvalue weighted by atomic mass is 9.96. The zero-order valence-electron chi connectivity index (χ0n) is 16.2. The molecule has 0 unspecified atom stereocenters. The number of aryl methyl sites for hydroxylation is 1. The summed E-state index contributed by atoms with van der Waals surface area (Å²) < 4.78 is 36.3. The topological polar surface area (TPSA) is 61.9 Å². The molecule has 5 nitrogen and oxygen atoms in total. The van der Waals surface area contributed by atoms with Crippen molar-refractivity contribution in [2.45, 2.75) is 26.3 Å². The standard InChI is InChI=1S/C17H19FN4O/c1-11(2)16-7-12(18)5-6-15(16)17(23)21(3)10-13-8-14(9-19)22(4)20-13/h5-8,11H,10H2,1-4H3/i4D3. The Balaban J connectivity index is 2.29. The summed E-state index contributed by atoms with van der Waals surface area (Å²) in [5, 5.41) is 13.0. The van der Waals surface area contributed by atoms with Crippen LogP contribution in [0.3, 0.4) is 0 Å². The molecule has 0 aliphatic carbocycles. The number of benzene rings is 1. The van der Waals surface area contributed by atoms with Crippen molar-refractivity contribution >= 4 is 5.91 Å². The molecule has 0 spiro atoms. The molecule has 0 N–H and O–H groups in total. The first-order chi connectivity index (χ1) is 12.0. The van der Waals surface area contributed by atoms with Gasteiger partial charge in [-0.05, 0) is 35.7 Å². The summed E-state index contributed by atoms with van der Waals surface area (Å²) in [6.07, 6.45) is 0. The molecule has 0 saturated heterocycles. The fourth-order valence-corrected chi connectivity index (χ4v) is 2.31. The van der Waals surface area contributed by atoms with Gasteiger partial charge in [-0.25, -0.2) is 4.39 Å². The van der Waals surface area contributed by atoms with Gasteiger partial charge in [0.15, 0.2) is 0 Å². The van der Waals surface area contributed by atoms with Gasteiger partial charge < -0.3 is 4.90 Å². The summed E-state index contributed by atoms with van der Waals surface area (Å²) in [7, 11) is 1.54. The lowest BCUT2D eigenvalue weighted by molar-refractivity contribution is 0.0781. The lowest BCUT2D eigenvalue weighted by Gasteiger charge is -2.19. The summed E-state index contributed by atoms with van der Waals surface area (Å²) >= 11 is 0. The van der Waals surface area contributed by atoms with Crippen molar-refractivity contribution in [1.82, 2.24) is 14.7 Å². The zero-order valence-corrected chi connectivity index (χ0v) is 13.2. The largest absolute Gasteiger partial charge is 0.336 e. The van der Waals surface area contributed by atoms with Crippen molar-refractivity contribution in [2.24, 2.45) is 6.98 Å². The van der Waals surface area contributed by atoms with Crippen LogP contribution in [0.4, 0.5) is 4.39 Å². The van der Waals surface area contributed by atoms with Crippen molar-refractivity contribution in [2.75, 3.05) is 7.05 Å². The number of aromatic nitrogens is 2. The van der Waals surface area contributed by atoms with E-state index in [9.17, 15) is 9.18 Å². The van der Waals surface area contributed by atoms with Crippen LogP contribution in [0.2, 0.25) is 0 Å². The molecule has 23 heavy (non-hydrogen) atoms. The molecule has 6 heteroatoms. The van der Waals surface area contributed by atoms with Gasteiger partial charge in [-0.1, -0.05) is 13.8 Å². The first-order valence-corrected chi connectivity index (χ1v) is 7.09. The van der Waals surface area contributed by atoms with Crippen LogP contribution in [-0.4, -0.2) is 27.6 Å². The van der Waals surface area contributed by atoms with Crippen LogP contribution in [-0.2, 0) is 13.5 Å². The number of carbonyl (C=O) groups excluding carboxylic acids is 1. The molecule has 1 aromatic heterocycles. The molecule has 0 bridgehead atoms. The van der Waals surface area contributed by atoms with Gasteiger partial charge in [-0.3, -0.25) is 9.48 Å². The first-order valence-electron chi connectivity index (χ1n) is 8.59. The van der Waals surface area contributed by atoms with Gasteiger partial charge in [0.2, 0.25) is 0 Å². The van der Waals surface area contributed by atoms with E-state index in [-0.39, 0.29) is 29.8 Å². The smallest absolute Gasteiger partial charge is 0.254 e. The van der Waals surface area contributed by atoms with Gasteiger partial charge >= 0.3 is 0 Å². The van der Waals surface area contributed by atoms with Gasteiger partial charge in [0.25, 0.3) is 5.91 Å². The maximum Gasteiger partial charge on any atom is 0.254 e. The fourth-order valence-electron chi connectivity index (χ4n) is 2.31. The highest BCUT2D eigenvalue weighted by molar-refractivity contribution is 5.95. The molecule has 2 rings (SSSR count). The molecule has 120 valence electrons. The molecule has 2 aromatic rings. The van der Waals surface area contributed by atoms with Crippen molar-refractivity contribution in [1.29, 1.82) is 5.26 Å². The lowest BCUT2D eigenvalue weighted by Crippen LogP contribution is -2.27. The van der Waals surface area contributed by atoms with Gasteiger partial charge in [0, 0.05) is 23.7 Å². The van der Waals surface area contributed by atoms with Crippen molar-refractivity contribution in [3.63, 3.8) is 0 Å². The molecule has 0 aliphatic heterocycles. The van der Waals surface area contributed by atoms with Crippen LogP contribution in [0.15, 0.2) is 24.3 Å². The van der Waals surface area contributed by atoms with Crippen molar-refractivity contribution < 1.29 is 13.3 Å². The second kappa shape index (κ2) is 6.61. The maximum absolute atomic E-state index is 13.5. The number of nitriles is 1. The molecule has 0 atom stereocenters. The summed E-state index contributed by atoms with van der Waals surface area (Å²) in [6.45, 7) is 1.17. The van der Waals surface area contributed by atoms with E-state index in [1.807, 2.05) is 13.8 Å². The number of halogens is 1. The molecule has 1 heterocycles. The number of rotatable bonds is 4. The number of hydrogen-bond acceptors (Lipinski definition) is 3. The molecule has 0 saturated carbocycles. The third kappa shape index (κ3) is 3.57. The fraction of sp³-hybridized carbons (Fsp3) is 0.353. The Hall–Kier alpha value is -2.68. The molecule has 1 amide bonds. The number of hydrogen-bond donors (Lipinski definition) is 0. The van der Waals surface area contributed by atoms with Gasteiger partial charge in [-0.15, -0.1) is 0 Å². The normalized spacial score (nSPS) is 13.1. The summed E-state index contributed by atoms with van der Waals surface area (Å²) in [4.78, 5) is 14.1. The van der Waals surface area contributed by atoms with E-state index >= 15 is 0 Å². The molecular formula is C17H19FN4O. The predicted molar refractivity (Wildman–Crippen MR) is 84.2 cm³/mol. The van der Waals surface area contributed by atoms with Crippen LogP contribution in [0.1, 0.15) is 51.2 Å². The molecule has 1 aromatic carbocycles. The van der Waals surface area contributed by atoms with Crippen molar-refractivity contribution in [3.8, 4) is 6.07 Å². The minimum absolute atomic E-state index is 0.0194. The Morgan fingerprint density at radius 3 is 2.83 bits per heavy atom. The second-order valence-electron chi connectivity index (χ2n) is 5.59. The third-order valence-electron chi connectivity index (χ3n) is 3.49. The van der Waals surface area contributed by atoms with E-state index in [4.69, 9.17) is 9.37 Å². The molecule has 0 radical (unpaired) electrons. The minimum atomic E-state index is -2.58. The van der Waals surface area contributed by atoms with E-state index < -0.39 is 12.8 Å². The highest BCUT2D eigenvalue weighted by Gasteiger charge is 2.19. The Morgan fingerprint density at radius 2 is 2.26 bits per heavy atom. The van der Waals surface area contributed by atoms with E-state index in [0.717, 1.165) is 0 Å². The number of carbonyl (C=O) groups is 1. The van der Waals surface area contributed by atoms with E-state index in [0.29, 0.717) is 15.8 Å². The number of amides is 1. The quantitative estimate of drug-likeness (QED) is 0.871. The third-order valence-corrected chi connectivity index (χ3v) is 3.49. The predicted octanol–water partition coefficient (Wildman–Crippen LogP) is 2.83. The van der Waals surface area contributed by atoms with Gasteiger partial charge in [0.05, 0.1) is 12.2 Å². The maximum atomic E-state index is 13.5. The monoisotopic (exact) mass is 317 g/mol. The van der Waals surface area contributed by atoms with Crippen LogP contribution in [0.5, 0.6) is 0 Å². The second-order valence-corrected chi connectivity index (χ2v) is 5.59.